The molecule has 0 aliphatic rings. The highest BCUT2D eigenvalue weighted by atomic mass is 32.2. The molecule has 0 radical (unpaired) electrons. The van der Waals surface area contributed by atoms with E-state index in [1.54, 1.807) is 38.6 Å². The van der Waals surface area contributed by atoms with Crippen molar-refractivity contribution < 1.29 is 9.63 Å². The van der Waals surface area contributed by atoms with Crippen molar-refractivity contribution in [1.29, 1.82) is 0 Å². The van der Waals surface area contributed by atoms with Gasteiger partial charge in [-0.15, -0.1) is 22.0 Å². The third-order valence-corrected chi connectivity index (χ3v) is 4.79. The van der Waals surface area contributed by atoms with Gasteiger partial charge in [-0.3, -0.25) is 13.9 Å². The van der Waals surface area contributed by atoms with Crippen LogP contribution in [0, 0.1) is 0 Å². The Bertz CT molecular complexity index is 1140. The zero-order chi connectivity index (χ0) is 19.7. The summed E-state index contributed by atoms with van der Waals surface area (Å²) in [6.45, 7) is 5.28. The average Bonchev–Trinajstić information content (AvgIpc) is 3.03. The lowest BCUT2D eigenvalue weighted by Gasteiger charge is -2.14. The summed E-state index contributed by atoms with van der Waals surface area (Å²) in [6, 6.07) is 5.12. The predicted octanol–water partition coefficient (Wildman–Crippen LogP) is 3.59. The molecule has 0 fully saturated rings. The summed E-state index contributed by atoms with van der Waals surface area (Å²) in [7, 11) is 0. The molecule has 0 bridgehead atoms. The lowest BCUT2D eigenvalue weighted by Crippen LogP contribution is -2.40. The van der Waals surface area contributed by atoms with E-state index >= 15 is 0 Å². The number of benzene rings is 1. The number of hydrogen-bond acceptors (Lipinski definition) is 8. The summed E-state index contributed by atoms with van der Waals surface area (Å²) in [4.78, 5) is 26.0. The van der Waals surface area contributed by atoms with Crippen LogP contribution in [0.5, 0.6) is 5.88 Å². The van der Waals surface area contributed by atoms with E-state index in [-0.39, 0.29) is 18.1 Å². The van der Waals surface area contributed by atoms with Gasteiger partial charge in [-0.1, -0.05) is 5.16 Å². The molecule has 0 amide bonds. The fraction of sp³-hybridized carbons (Fsp3) is 0.353. The zero-order valence-electron chi connectivity index (χ0n) is 15.3. The van der Waals surface area contributed by atoms with Crippen LogP contribution in [-0.4, -0.2) is 25.7 Å². The second-order valence-electron chi connectivity index (χ2n) is 6.04. The van der Waals surface area contributed by atoms with Gasteiger partial charge in [0.15, 0.2) is 5.58 Å². The van der Waals surface area contributed by atoms with Crippen molar-refractivity contribution in [3.63, 3.8) is 0 Å². The number of nitrogens with zero attached hydrogens (tertiary/aromatic N) is 5. The Morgan fingerprint density at radius 3 is 2.67 bits per heavy atom. The number of aromatic hydroxyl groups is 1. The quantitative estimate of drug-likeness (QED) is 0.527. The van der Waals surface area contributed by atoms with Gasteiger partial charge < -0.3 is 9.63 Å². The van der Waals surface area contributed by atoms with E-state index in [4.69, 9.17) is 4.52 Å². The summed E-state index contributed by atoms with van der Waals surface area (Å²) >= 11 is 1.55. The van der Waals surface area contributed by atoms with Gasteiger partial charge in [0.1, 0.15) is 0 Å². The number of azo groups is 1. The lowest BCUT2D eigenvalue weighted by atomic mass is 10.2. The molecule has 10 heteroatoms. The average molecular weight is 389 g/mol. The van der Waals surface area contributed by atoms with Crippen LogP contribution in [0.25, 0.3) is 11.0 Å². The first-order valence-electron chi connectivity index (χ1n) is 8.32. The van der Waals surface area contributed by atoms with Crippen LogP contribution in [0.4, 0.5) is 11.5 Å². The molecule has 0 spiro atoms. The molecular formula is C17H19N5O4S. The summed E-state index contributed by atoms with van der Waals surface area (Å²) in [5, 5.41) is 22.7. The van der Waals surface area contributed by atoms with Crippen molar-refractivity contribution in [3.05, 3.63) is 39.0 Å². The van der Waals surface area contributed by atoms with Gasteiger partial charge in [0.05, 0.1) is 5.39 Å². The van der Waals surface area contributed by atoms with E-state index < -0.39 is 23.2 Å². The summed E-state index contributed by atoms with van der Waals surface area (Å²) in [5.74, 6) is -0.337. The number of rotatable bonds is 5. The largest absolute Gasteiger partial charge is 0.493 e. The molecule has 0 unspecified atom stereocenters. The third-order valence-electron chi connectivity index (χ3n) is 4.06. The zero-order valence-corrected chi connectivity index (χ0v) is 16.1. The molecule has 0 saturated heterocycles. The lowest BCUT2D eigenvalue weighted by molar-refractivity contribution is 0.389. The minimum atomic E-state index is -0.710. The number of aromatic nitrogens is 3. The minimum Gasteiger partial charge on any atom is -0.493 e. The van der Waals surface area contributed by atoms with Crippen LogP contribution < -0.4 is 11.2 Å². The molecule has 2 heterocycles. The highest BCUT2D eigenvalue weighted by Gasteiger charge is 2.20. The Morgan fingerprint density at radius 1 is 1.30 bits per heavy atom. The van der Waals surface area contributed by atoms with Gasteiger partial charge in [0.2, 0.25) is 17.4 Å². The van der Waals surface area contributed by atoms with Crippen LogP contribution in [0.2, 0.25) is 0 Å². The first-order chi connectivity index (χ1) is 12.9. The van der Waals surface area contributed by atoms with E-state index in [0.29, 0.717) is 11.0 Å². The molecule has 9 nitrogen and oxygen atoms in total. The molecule has 142 valence electrons. The smallest absolute Gasteiger partial charge is 0.334 e. The van der Waals surface area contributed by atoms with Crippen molar-refractivity contribution in [2.45, 2.75) is 38.3 Å². The number of thioether (sulfide) groups is 1. The Balaban J connectivity index is 2.17. The van der Waals surface area contributed by atoms with Crippen molar-refractivity contribution in [1.82, 2.24) is 14.3 Å². The van der Waals surface area contributed by atoms with E-state index in [0.717, 1.165) is 14.0 Å². The van der Waals surface area contributed by atoms with Crippen LogP contribution in [0.15, 0.2) is 47.4 Å². The summed E-state index contributed by atoms with van der Waals surface area (Å²) in [6.07, 6.45) is 1.94. The molecule has 1 N–H and O–H groups in total. The topological polar surface area (TPSA) is 115 Å². The highest BCUT2D eigenvalue weighted by molar-refractivity contribution is 7.98. The molecule has 2 aromatic heterocycles. The van der Waals surface area contributed by atoms with Gasteiger partial charge >= 0.3 is 5.69 Å². The van der Waals surface area contributed by atoms with Crippen LogP contribution in [0.1, 0.15) is 26.8 Å². The third kappa shape index (κ3) is 3.27. The standard InChI is InChI=1S/C17H19N5O4S/c1-5-21-15(23)13(16(24)22(9(2)3)17(21)25)18-19-14-11-8-10(27-4)6-7-12(11)26-20-14/h6-9,23H,5H2,1-4H3. The molecule has 3 aromatic rings. The number of hydrogen-bond donors (Lipinski definition) is 1. The predicted molar refractivity (Wildman–Crippen MR) is 103 cm³/mol. The Labute approximate surface area is 158 Å². The van der Waals surface area contributed by atoms with Crippen molar-refractivity contribution in [2.75, 3.05) is 6.26 Å². The highest BCUT2D eigenvalue weighted by Crippen LogP contribution is 2.31. The van der Waals surface area contributed by atoms with E-state index in [1.807, 2.05) is 18.4 Å². The molecule has 0 saturated carbocycles. The van der Waals surface area contributed by atoms with Crippen molar-refractivity contribution in [2.24, 2.45) is 10.2 Å². The minimum absolute atomic E-state index is 0.185. The molecular weight excluding hydrogens is 370 g/mol. The summed E-state index contributed by atoms with van der Waals surface area (Å²) < 4.78 is 7.31. The van der Waals surface area contributed by atoms with Crippen LogP contribution >= 0.6 is 11.8 Å². The summed E-state index contributed by atoms with van der Waals surface area (Å²) in [5.41, 5.74) is -1.09. The maximum Gasteiger partial charge on any atom is 0.334 e. The first-order valence-corrected chi connectivity index (χ1v) is 9.55. The second-order valence-corrected chi connectivity index (χ2v) is 6.92. The van der Waals surface area contributed by atoms with Crippen molar-refractivity contribution in [3.8, 4) is 5.88 Å². The van der Waals surface area contributed by atoms with Gasteiger partial charge in [-0.25, -0.2) is 4.79 Å². The molecule has 0 atom stereocenters. The molecule has 1 aromatic carbocycles. The van der Waals surface area contributed by atoms with Gasteiger partial charge in [0.25, 0.3) is 5.56 Å². The van der Waals surface area contributed by atoms with Crippen LogP contribution in [-0.2, 0) is 6.54 Å². The normalized spacial score (nSPS) is 11.9. The van der Waals surface area contributed by atoms with E-state index in [1.165, 1.54) is 0 Å². The van der Waals surface area contributed by atoms with E-state index in [2.05, 4.69) is 15.4 Å². The molecule has 3 rings (SSSR count). The van der Waals surface area contributed by atoms with Crippen molar-refractivity contribution >= 4 is 34.2 Å². The number of fused-ring (bicyclic) bond motifs is 1. The van der Waals surface area contributed by atoms with Gasteiger partial charge in [0, 0.05) is 17.5 Å². The fourth-order valence-electron chi connectivity index (χ4n) is 2.67. The Kier molecular flexibility index (Phi) is 5.17. The first kappa shape index (κ1) is 18.9. The van der Waals surface area contributed by atoms with Gasteiger partial charge in [-0.05, 0) is 45.2 Å². The maximum absolute atomic E-state index is 12.6. The maximum atomic E-state index is 12.6. The molecule has 27 heavy (non-hydrogen) atoms. The SMILES string of the molecule is CCn1c(O)c(N=Nc2noc3ccc(SC)cc23)c(=O)n(C(C)C)c1=O. The Morgan fingerprint density at radius 2 is 2.04 bits per heavy atom. The van der Waals surface area contributed by atoms with Crippen LogP contribution in [0.3, 0.4) is 0 Å². The molecule has 0 aliphatic heterocycles. The monoisotopic (exact) mass is 389 g/mol. The fourth-order valence-corrected chi connectivity index (χ4v) is 3.11. The van der Waals surface area contributed by atoms with E-state index in [9.17, 15) is 14.7 Å². The second kappa shape index (κ2) is 7.39. The molecule has 0 aliphatic carbocycles. The van der Waals surface area contributed by atoms with Gasteiger partial charge in [-0.2, -0.15) is 0 Å². The Hall–Kier alpha value is -2.88.